The van der Waals surface area contributed by atoms with Crippen molar-refractivity contribution in [3.05, 3.63) is 107 Å². The average Bonchev–Trinajstić information content (AvgIpc) is 2.77. The molecule has 29 heavy (non-hydrogen) atoms. The van der Waals surface area contributed by atoms with Crippen molar-refractivity contribution >= 4 is 22.0 Å². The molecule has 0 aromatic heterocycles. The van der Waals surface area contributed by atoms with E-state index in [2.05, 4.69) is 5.43 Å². The summed E-state index contributed by atoms with van der Waals surface area (Å²) in [5, 5.41) is 0.993. The number of amides is 1. The van der Waals surface area contributed by atoms with E-state index in [-0.39, 0.29) is 0 Å². The molecule has 1 amide bonds. The summed E-state index contributed by atoms with van der Waals surface area (Å²) in [4.78, 5) is 14.2. The van der Waals surface area contributed by atoms with E-state index in [1.54, 1.807) is 48.5 Å². The van der Waals surface area contributed by atoms with Crippen molar-refractivity contribution in [3.63, 3.8) is 0 Å². The first-order valence-corrected chi connectivity index (χ1v) is 10.4. The zero-order chi connectivity index (χ0) is 20.5. The molecule has 148 valence electrons. The monoisotopic (exact) mass is 408 g/mol. The van der Waals surface area contributed by atoms with Gasteiger partial charge in [0.2, 0.25) is 0 Å². The predicted octanol–water partition coefficient (Wildman–Crippen LogP) is 3.50. The van der Waals surface area contributed by atoms with E-state index in [0.717, 1.165) is 22.3 Å². The first-order chi connectivity index (χ1) is 14.0. The van der Waals surface area contributed by atoms with Crippen molar-refractivity contribution in [3.8, 4) is 5.75 Å². The molecule has 6 nitrogen and oxygen atoms in total. The summed E-state index contributed by atoms with van der Waals surface area (Å²) >= 11 is 0. The molecule has 0 fully saturated rings. The highest BCUT2D eigenvalue weighted by atomic mass is 32.2. The molecular weight excluding hydrogens is 388 g/mol. The largest absolute Gasteiger partial charge is 0.489 e. The minimum atomic E-state index is -3.81. The van der Waals surface area contributed by atoms with Crippen LogP contribution in [0.25, 0.3) is 6.08 Å². The maximum absolute atomic E-state index is 12.2. The van der Waals surface area contributed by atoms with E-state index in [4.69, 9.17) is 4.74 Å². The lowest BCUT2D eigenvalue weighted by atomic mass is 10.1. The normalized spacial score (nSPS) is 11.3. The van der Waals surface area contributed by atoms with Crippen molar-refractivity contribution < 1.29 is 17.9 Å². The minimum absolute atomic E-state index is 0.322. The standard InChI is InChI=1S/C22H20N2O4S/c25-22(23-24-29(26,27)16-15-18-7-3-1-4-8-18)20-13-11-19(12-14-20)17-28-21-9-5-2-6-10-21/h1-16,24H,17H2,(H,23,25)/b16-15+. The molecule has 0 saturated heterocycles. The Bertz CT molecular complexity index is 1060. The number of hydrazine groups is 1. The second kappa shape index (κ2) is 9.68. The highest BCUT2D eigenvalue weighted by Crippen LogP contribution is 2.12. The summed E-state index contributed by atoms with van der Waals surface area (Å²) in [7, 11) is -3.81. The Kier molecular flexibility index (Phi) is 6.78. The van der Waals surface area contributed by atoms with Gasteiger partial charge < -0.3 is 4.74 Å². The van der Waals surface area contributed by atoms with E-state index in [0.29, 0.717) is 12.2 Å². The Labute approximate surface area is 169 Å². The summed E-state index contributed by atoms with van der Waals surface area (Å²) in [6, 6.07) is 25.1. The van der Waals surface area contributed by atoms with Gasteiger partial charge in [-0.3, -0.25) is 10.2 Å². The lowest BCUT2D eigenvalue weighted by Gasteiger charge is -2.08. The van der Waals surface area contributed by atoms with E-state index >= 15 is 0 Å². The summed E-state index contributed by atoms with van der Waals surface area (Å²) in [6.07, 6.45) is 1.44. The first kappa shape index (κ1) is 20.3. The van der Waals surface area contributed by atoms with Crippen molar-refractivity contribution in [1.82, 2.24) is 10.3 Å². The Balaban J connectivity index is 1.51. The Hall–Kier alpha value is -3.42. The zero-order valence-corrected chi connectivity index (χ0v) is 16.3. The minimum Gasteiger partial charge on any atom is -0.489 e. The molecule has 2 N–H and O–H groups in total. The lowest BCUT2D eigenvalue weighted by Crippen LogP contribution is -2.40. The van der Waals surface area contributed by atoms with Gasteiger partial charge >= 0.3 is 0 Å². The number of hydrogen-bond donors (Lipinski definition) is 2. The summed E-state index contributed by atoms with van der Waals surface area (Å²) in [6.45, 7) is 0.364. The molecule has 0 unspecified atom stereocenters. The van der Waals surface area contributed by atoms with Crippen LogP contribution in [0.3, 0.4) is 0 Å². The van der Waals surface area contributed by atoms with Crippen LogP contribution >= 0.6 is 0 Å². The number of sulfonamides is 1. The highest BCUT2D eigenvalue weighted by molar-refractivity contribution is 7.92. The van der Waals surface area contributed by atoms with Gasteiger partial charge in [-0.2, -0.15) is 0 Å². The SMILES string of the molecule is O=C(NNS(=O)(=O)/C=C/c1ccccc1)c1ccc(COc2ccccc2)cc1. The third-order valence-electron chi connectivity index (χ3n) is 3.91. The summed E-state index contributed by atoms with van der Waals surface area (Å²) in [5.41, 5.74) is 4.14. The van der Waals surface area contributed by atoms with Crippen LogP contribution in [0.2, 0.25) is 0 Å². The number of para-hydroxylation sites is 1. The molecule has 3 aromatic rings. The zero-order valence-electron chi connectivity index (χ0n) is 15.5. The highest BCUT2D eigenvalue weighted by Gasteiger charge is 2.10. The number of carbonyl (C=O) groups is 1. The maximum atomic E-state index is 12.2. The van der Waals surface area contributed by atoms with Crippen LogP contribution in [0.4, 0.5) is 0 Å². The van der Waals surface area contributed by atoms with E-state index in [9.17, 15) is 13.2 Å². The van der Waals surface area contributed by atoms with Gasteiger partial charge in [0.15, 0.2) is 0 Å². The van der Waals surface area contributed by atoms with Gasteiger partial charge in [-0.15, -0.1) is 4.83 Å². The molecule has 0 saturated carbocycles. The third-order valence-corrected chi connectivity index (χ3v) is 4.79. The van der Waals surface area contributed by atoms with Crippen LogP contribution in [0, 0.1) is 0 Å². The van der Waals surface area contributed by atoms with Crippen LogP contribution in [0.5, 0.6) is 5.75 Å². The van der Waals surface area contributed by atoms with Crippen LogP contribution < -0.4 is 15.0 Å². The number of ether oxygens (including phenoxy) is 1. The van der Waals surface area contributed by atoms with Crippen LogP contribution in [0.15, 0.2) is 90.3 Å². The van der Waals surface area contributed by atoms with E-state index in [1.807, 2.05) is 41.2 Å². The van der Waals surface area contributed by atoms with Gasteiger partial charge in [-0.25, -0.2) is 8.42 Å². The number of rotatable bonds is 8. The molecule has 0 atom stereocenters. The average molecular weight is 408 g/mol. The summed E-state index contributed by atoms with van der Waals surface area (Å²) < 4.78 is 29.6. The molecule has 0 aliphatic rings. The Morgan fingerprint density at radius 3 is 2.14 bits per heavy atom. The Morgan fingerprint density at radius 2 is 1.48 bits per heavy atom. The maximum Gasteiger partial charge on any atom is 0.266 e. The van der Waals surface area contributed by atoms with Crippen molar-refractivity contribution in [1.29, 1.82) is 0 Å². The van der Waals surface area contributed by atoms with Crippen molar-refractivity contribution in [2.45, 2.75) is 6.61 Å². The fraction of sp³-hybridized carbons (Fsp3) is 0.0455. The van der Waals surface area contributed by atoms with Gasteiger partial charge in [0.1, 0.15) is 12.4 Å². The third kappa shape index (κ3) is 6.60. The molecular formula is C22H20N2O4S. The molecule has 0 bridgehead atoms. The van der Waals surface area contributed by atoms with Crippen LogP contribution in [-0.4, -0.2) is 14.3 Å². The van der Waals surface area contributed by atoms with Gasteiger partial charge in [-0.1, -0.05) is 60.7 Å². The molecule has 0 aliphatic heterocycles. The van der Waals surface area contributed by atoms with E-state index in [1.165, 1.54) is 6.08 Å². The predicted molar refractivity (Wildman–Crippen MR) is 112 cm³/mol. The molecule has 0 radical (unpaired) electrons. The number of benzene rings is 3. The van der Waals surface area contributed by atoms with Gasteiger partial charge in [0, 0.05) is 11.0 Å². The fourth-order valence-electron chi connectivity index (χ4n) is 2.39. The fourth-order valence-corrected chi connectivity index (χ4v) is 3.03. The molecule has 3 aromatic carbocycles. The quantitative estimate of drug-likeness (QED) is 0.559. The topological polar surface area (TPSA) is 84.5 Å². The molecule has 0 aliphatic carbocycles. The molecule has 0 spiro atoms. The second-order valence-electron chi connectivity index (χ2n) is 6.11. The molecule has 0 heterocycles. The van der Waals surface area contributed by atoms with Gasteiger partial charge in [0.05, 0.1) is 0 Å². The smallest absolute Gasteiger partial charge is 0.266 e. The number of hydrogen-bond acceptors (Lipinski definition) is 4. The molecule has 3 rings (SSSR count). The molecule has 7 heteroatoms. The van der Waals surface area contributed by atoms with E-state index < -0.39 is 15.9 Å². The Morgan fingerprint density at radius 1 is 0.862 bits per heavy atom. The second-order valence-corrected chi connectivity index (χ2v) is 7.68. The number of carbonyl (C=O) groups excluding carboxylic acids is 1. The van der Waals surface area contributed by atoms with Gasteiger partial charge in [-0.05, 0) is 41.5 Å². The lowest BCUT2D eigenvalue weighted by molar-refractivity contribution is 0.0945. The summed E-state index contributed by atoms with van der Waals surface area (Å²) in [5.74, 6) is 0.199. The van der Waals surface area contributed by atoms with Crippen LogP contribution in [-0.2, 0) is 16.6 Å². The number of nitrogens with one attached hydrogen (secondary N) is 2. The van der Waals surface area contributed by atoms with Gasteiger partial charge in [0.25, 0.3) is 15.9 Å². The van der Waals surface area contributed by atoms with Crippen molar-refractivity contribution in [2.24, 2.45) is 0 Å². The van der Waals surface area contributed by atoms with Crippen molar-refractivity contribution in [2.75, 3.05) is 0 Å². The van der Waals surface area contributed by atoms with Crippen LogP contribution in [0.1, 0.15) is 21.5 Å². The first-order valence-electron chi connectivity index (χ1n) is 8.84.